The van der Waals surface area contributed by atoms with Gasteiger partial charge >= 0.3 is 0 Å². The molecule has 3 N–H and O–H groups in total. The fraction of sp³-hybridized carbons (Fsp3) is 0.500. The normalized spacial score (nSPS) is 12.1. The maximum atomic E-state index is 11.9. The van der Waals surface area contributed by atoms with E-state index in [-0.39, 0.29) is 5.91 Å². The van der Waals surface area contributed by atoms with E-state index in [9.17, 15) is 4.79 Å². The van der Waals surface area contributed by atoms with Crippen molar-refractivity contribution < 1.29 is 14.3 Å². The minimum atomic E-state index is -0.506. The first kappa shape index (κ1) is 15.3. The third-order valence-corrected chi connectivity index (χ3v) is 2.71. The van der Waals surface area contributed by atoms with Crippen molar-refractivity contribution >= 4 is 11.6 Å². The fourth-order valence-electron chi connectivity index (χ4n) is 1.76. The number of carbonyl (C=O) groups is 1. The van der Waals surface area contributed by atoms with Crippen LogP contribution in [0.25, 0.3) is 0 Å². The highest BCUT2D eigenvalue weighted by Crippen LogP contribution is 2.29. The van der Waals surface area contributed by atoms with Crippen molar-refractivity contribution in [2.75, 3.05) is 19.5 Å². The molecule has 0 aliphatic rings. The van der Waals surface area contributed by atoms with E-state index in [1.165, 1.54) is 0 Å². The number of benzene rings is 1. The van der Waals surface area contributed by atoms with Crippen LogP contribution in [0.3, 0.4) is 0 Å². The summed E-state index contributed by atoms with van der Waals surface area (Å²) in [5.74, 6) is 1.37. The van der Waals surface area contributed by atoms with Crippen LogP contribution in [0.4, 0.5) is 5.69 Å². The lowest BCUT2D eigenvalue weighted by Crippen LogP contribution is -2.36. The number of ether oxygens (including phenoxy) is 2. The van der Waals surface area contributed by atoms with E-state index in [1.54, 1.807) is 32.4 Å². The molecule has 1 rings (SSSR count). The smallest absolute Gasteiger partial charge is 0.241 e. The molecule has 0 bridgehead atoms. The van der Waals surface area contributed by atoms with Gasteiger partial charge in [0, 0.05) is 11.8 Å². The number of rotatable bonds is 6. The number of amides is 1. The number of anilines is 1. The van der Waals surface area contributed by atoms with Crippen LogP contribution in [0.2, 0.25) is 0 Å². The highest BCUT2D eigenvalue weighted by Gasteiger charge is 2.15. The van der Waals surface area contributed by atoms with E-state index in [2.05, 4.69) is 5.32 Å². The minimum absolute atomic E-state index is 0.194. The Balaban J connectivity index is 2.74. The van der Waals surface area contributed by atoms with E-state index >= 15 is 0 Å². The topological polar surface area (TPSA) is 73.6 Å². The van der Waals surface area contributed by atoms with E-state index in [1.807, 2.05) is 13.8 Å². The average molecular weight is 266 g/mol. The maximum Gasteiger partial charge on any atom is 0.241 e. The van der Waals surface area contributed by atoms with Crippen LogP contribution in [0.1, 0.15) is 20.3 Å². The Morgan fingerprint density at radius 2 is 1.89 bits per heavy atom. The van der Waals surface area contributed by atoms with Gasteiger partial charge in [0.1, 0.15) is 0 Å². The van der Waals surface area contributed by atoms with Gasteiger partial charge < -0.3 is 20.5 Å². The van der Waals surface area contributed by atoms with Gasteiger partial charge in [0.25, 0.3) is 0 Å². The number of nitrogens with two attached hydrogens (primary N) is 1. The van der Waals surface area contributed by atoms with E-state index < -0.39 is 6.04 Å². The summed E-state index contributed by atoms with van der Waals surface area (Å²) in [4.78, 5) is 11.9. The van der Waals surface area contributed by atoms with Crippen molar-refractivity contribution in [2.24, 2.45) is 11.7 Å². The zero-order valence-electron chi connectivity index (χ0n) is 11.9. The summed E-state index contributed by atoms with van der Waals surface area (Å²) in [7, 11) is 3.11. The number of carbonyl (C=O) groups excluding carboxylic acids is 1. The molecule has 19 heavy (non-hydrogen) atoms. The van der Waals surface area contributed by atoms with Crippen LogP contribution in [-0.4, -0.2) is 26.2 Å². The third kappa shape index (κ3) is 4.44. The summed E-state index contributed by atoms with van der Waals surface area (Å²) in [6.45, 7) is 4.06. The second kappa shape index (κ2) is 6.99. The van der Waals surface area contributed by atoms with Gasteiger partial charge in [0.05, 0.1) is 20.3 Å². The molecule has 1 aromatic carbocycles. The van der Waals surface area contributed by atoms with E-state index in [4.69, 9.17) is 15.2 Å². The first-order valence-corrected chi connectivity index (χ1v) is 6.26. The Morgan fingerprint density at radius 3 is 2.42 bits per heavy atom. The first-order valence-electron chi connectivity index (χ1n) is 6.26. The molecular formula is C14H22N2O3. The molecule has 0 aliphatic carbocycles. The molecule has 0 spiro atoms. The van der Waals surface area contributed by atoms with Crippen molar-refractivity contribution in [3.63, 3.8) is 0 Å². The molecule has 1 aromatic rings. The lowest BCUT2D eigenvalue weighted by atomic mass is 10.0. The Morgan fingerprint density at radius 1 is 1.26 bits per heavy atom. The summed E-state index contributed by atoms with van der Waals surface area (Å²) in [6.07, 6.45) is 0.652. The van der Waals surface area contributed by atoms with Gasteiger partial charge in [-0.25, -0.2) is 0 Å². The average Bonchev–Trinajstić information content (AvgIpc) is 2.37. The molecule has 0 unspecified atom stereocenters. The highest BCUT2D eigenvalue weighted by molar-refractivity contribution is 5.94. The fourth-order valence-corrected chi connectivity index (χ4v) is 1.76. The first-order chi connectivity index (χ1) is 8.97. The van der Waals surface area contributed by atoms with Crippen LogP contribution in [0.15, 0.2) is 18.2 Å². The molecule has 1 amide bonds. The number of nitrogens with one attached hydrogen (secondary N) is 1. The Hall–Kier alpha value is -1.75. The lowest BCUT2D eigenvalue weighted by Gasteiger charge is -2.15. The zero-order valence-corrected chi connectivity index (χ0v) is 11.9. The standard InChI is InChI=1S/C14H22N2O3/c1-9(2)7-11(15)14(17)16-10-5-6-12(18-3)13(8-10)19-4/h5-6,8-9,11H,7,15H2,1-4H3,(H,16,17)/t11-/m1/s1. The molecular weight excluding hydrogens is 244 g/mol. The minimum Gasteiger partial charge on any atom is -0.493 e. The van der Waals surface area contributed by atoms with Crippen molar-refractivity contribution in [3.05, 3.63) is 18.2 Å². The van der Waals surface area contributed by atoms with Gasteiger partial charge in [-0.2, -0.15) is 0 Å². The maximum absolute atomic E-state index is 11.9. The molecule has 0 fully saturated rings. The molecule has 0 aliphatic heterocycles. The molecule has 5 heteroatoms. The molecule has 0 heterocycles. The summed E-state index contributed by atoms with van der Waals surface area (Å²) < 4.78 is 10.3. The second-order valence-electron chi connectivity index (χ2n) is 4.80. The monoisotopic (exact) mass is 266 g/mol. The number of hydrogen-bond acceptors (Lipinski definition) is 4. The Labute approximate surface area is 114 Å². The number of methoxy groups -OCH3 is 2. The van der Waals surface area contributed by atoms with Crippen LogP contribution in [0.5, 0.6) is 11.5 Å². The largest absolute Gasteiger partial charge is 0.493 e. The van der Waals surface area contributed by atoms with Gasteiger partial charge in [-0.3, -0.25) is 4.79 Å². The molecule has 106 valence electrons. The Bertz CT molecular complexity index is 433. The van der Waals surface area contributed by atoms with Gasteiger partial charge in [-0.15, -0.1) is 0 Å². The third-order valence-electron chi connectivity index (χ3n) is 2.71. The van der Waals surface area contributed by atoms with Crippen LogP contribution in [-0.2, 0) is 4.79 Å². The Kier molecular flexibility index (Phi) is 5.63. The van der Waals surface area contributed by atoms with Gasteiger partial charge in [0.2, 0.25) is 5.91 Å². The molecule has 1 atom stereocenters. The highest BCUT2D eigenvalue weighted by atomic mass is 16.5. The van der Waals surface area contributed by atoms with Crippen molar-refractivity contribution in [1.82, 2.24) is 0 Å². The zero-order chi connectivity index (χ0) is 14.4. The van der Waals surface area contributed by atoms with E-state index in [0.29, 0.717) is 29.5 Å². The predicted molar refractivity (Wildman–Crippen MR) is 75.6 cm³/mol. The van der Waals surface area contributed by atoms with Gasteiger partial charge in [0.15, 0.2) is 11.5 Å². The van der Waals surface area contributed by atoms with Gasteiger partial charge in [-0.1, -0.05) is 13.8 Å². The van der Waals surface area contributed by atoms with Crippen LogP contribution >= 0.6 is 0 Å². The van der Waals surface area contributed by atoms with Crippen LogP contribution < -0.4 is 20.5 Å². The number of hydrogen-bond donors (Lipinski definition) is 2. The van der Waals surface area contributed by atoms with Crippen molar-refractivity contribution in [1.29, 1.82) is 0 Å². The predicted octanol–water partition coefficient (Wildman–Crippen LogP) is 2.02. The molecule has 5 nitrogen and oxygen atoms in total. The molecule has 0 radical (unpaired) electrons. The SMILES string of the molecule is COc1ccc(NC(=O)[C@H](N)CC(C)C)cc1OC. The summed E-state index contributed by atoms with van der Waals surface area (Å²) in [5, 5.41) is 2.77. The van der Waals surface area contributed by atoms with E-state index in [0.717, 1.165) is 0 Å². The second-order valence-corrected chi connectivity index (χ2v) is 4.80. The summed E-state index contributed by atoms with van der Waals surface area (Å²) >= 11 is 0. The molecule has 0 aromatic heterocycles. The molecule has 0 saturated heterocycles. The van der Waals surface area contributed by atoms with Crippen molar-refractivity contribution in [2.45, 2.75) is 26.3 Å². The van der Waals surface area contributed by atoms with Crippen LogP contribution in [0, 0.1) is 5.92 Å². The summed E-state index contributed by atoms with van der Waals surface area (Å²) in [5.41, 5.74) is 6.47. The van der Waals surface area contributed by atoms with Crippen molar-refractivity contribution in [3.8, 4) is 11.5 Å². The lowest BCUT2D eigenvalue weighted by molar-refractivity contribution is -0.117. The molecule has 0 saturated carbocycles. The quantitative estimate of drug-likeness (QED) is 0.826. The summed E-state index contributed by atoms with van der Waals surface area (Å²) in [6, 6.07) is 4.69. The van der Waals surface area contributed by atoms with Gasteiger partial charge in [-0.05, 0) is 24.5 Å².